The van der Waals surface area contributed by atoms with Crippen LogP contribution in [0.25, 0.3) is 0 Å². The molecule has 2 aromatic rings. The van der Waals surface area contributed by atoms with Gasteiger partial charge in [0.05, 0.1) is 23.4 Å². The number of nitrogens with one attached hydrogen (secondary N) is 2. The molecule has 1 saturated carbocycles. The Kier molecular flexibility index (Phi) is 5.48. The number of imidazole rings is 1. The van der Waals surface area contributed by atoms with Crippen LogP contribution in [0.4, 0.5) is 10.5 Å². The number of halogens is 1. The Morgan fingerprint density at radius 2 is 2.28 bits per heavy atom. The third kappa shape index (κ3) is 4.25. The molecule has 1 aliphatic rings. The number of rotatable bonds is 7. The second kappa shape index (κ2) is 7.78. The van der Waals surface area contributed by atoms with Crippen LogP contribution in [0.15, 0.2) is 30.6 Å². The number of aromatic nitrogens is 2. The van der Waals surface area contributed by atoms with E-state index in [1.165, 1.54) is 0 Å². The number of carbonyl (C=O) groups is 1. The number of carbonyl (C=O) groups excluding carboxylic acids is 1. The maximum atomic E-state index is 12.5. The topological polar surface area (TPSA) is 68.2 Å². The van der Waals surface area contributed by atoms with Gasteiger partial charge < -0.3 is 19.9 Å². The monoisotopic (exact) mass is 362 g/mol. The van der Waals surface area contributed by atoms with E-state index < -0.39 is 0 Å². The van der Waals surface area contributed by atoms with E-state index in [-0.39, 0.29) is 12.1 Å². The van der Waals surface area contributed by atoms with E-state index in [2.05, 4.69) is 15.6 Å². The van der Waals surface area contributed by atoms with E-state index in [1.54, 1.807) is 24.4 Å². The summed E-state index contributed by atoms with van der Waals surface area (Å²) >= 11 is 6.21. The average molecular weight is 363 g/mol. The Labute approximate surface area is 152 Å². The molecule has 6 nitrogen and oxygen atoms in total. The van der Waals surface area contributed by atoms with Crippen molar-refractivity contribution < 1.29 is 9.53 Å². The summed E-state index contributed by atoms with van der Waals surface area (Å²) in [5.74, 6) is 1.80. The van der Waals surface area contributed by atoms with E-state index in [1.807, 2.05) is 24.7 Å². The molecule has 0 saturated heterocycles. The van der Waals surface area contributed by atoms with Gasteiger partial charge >= 0.3 is 6.03 Å². The zero-order chi connectivity index (χ0) is 17.8. The van der Waals surface area contributed by atoms with Gasteiger partial charge in [0.1, 0.15) is 5.82 Å². The number of hydrogen-bond acceptors (Lipinski definition) is 3. The van der Waals surface area contributed by atoms with Crippen molar-refractivity contribution in [3.8, 4) is 5.75 Å². The molecule has 1 heterocycles. The van der Waals surface area contributed by atoms with E-state index in [9.17, 15) is 4.79 Å². The Hall–Kier alpha value is -2.21. The summed E-state index contributed by atoms with van der Waals surface area (Å²) in [6, 6.07) is 4.93. The summed E-state index contributed by atoms with van der Waals surface area (Å²) in [5.41, 5.74) is 0.563. The molecule has 1 aromatic carbocycles. The van der Waals surface area contributed by atoms with E-state index in [4.69, 9.17) is 16.3 Å². The van der Waals surface area contributed by atoms with Crippen molar-refractivity contribution in [1.82, 2.24) is 14.9 Å². The lowest BCUT2D eigenvalue weighted by atomic mass is 10.1. The molecule has 134 valence electrons. The van der Waals surface area contributed by atoms with Crippen LogP contribution in [0.2, 0.25) is 5.02 Å². The van der Waals surface area contributed by atoms with Gasteiger partial charge in [0.25, 0.3) is 0 Å². The van der Waals surface area contributed by atoms with Crippen LogP contribution in [0, 0.1) is 5.92 Å². The lowest BCUT2D eigenvalue weighted by Gasteiger charge is -2.19. The van der Waals surface area contributed by atoms with Gasteiger partial charge in [-0.2, -0.15) is 0 Å². The second-order valence-corrected chi connectivity index (χ2v) is 6.68. The lowest BCUT2D eigenvalue weighted by Crippen LogP contribution is -2.35. The molecule has 1 atom stereocenters. The fourth-order valence-electron chi connectivity index (χ4n) is 2.76. The van der Waals surface area contributed by atoms with Crippen molar-refractivity contribution in [2.24, 2.45) is 13.0 Å². The van der Waals surface area contributed by atoms with Crippen molar-refractivity contribution >= 4 is 23.3 Å². The van der Waals surface area contributed by atoms with Crippen LogP contribution in [0.5, 0.6) is 5.75 Å². The predicted molar refractivity (Wildman–Crippen MR) is 98.1 cm³/mol. The van der Waals surface area contributed by atoms with Crippen LogP contribution in [-0.2, 0) is 7.05 Å². The highest BCUT2D eigenvalue weighted by molar-refractivity contribution is 6.32. The summed E-state index contributed by atoms with van der Waals surface area (Å²) in [6.45, 7) is 2.56. The number of para-hydroxylation sites is 1. The van der Waals surface area contributed by atoms with Crippen LogP contribution >= 0.6 is 11.6 Å². The fraction of sp³-hybridized carbons (Fsp3) is 0.444. The van der Waals surface area contributed by atoms with Crippen molar-refractivity contribution in [3.05, 3.63) is 41.4 Å². The first-order chi connectivity index (χ1) is 12.1. The molecule has 2 amide bonds. The zero-order valence-corrected chi connectivity index (χ0v) is 15.2. The van der Waals surface area contributed by atoms with Crippen molar-refractivity contribution in [3.63, 3.8) is 0 Å². The summed E-state index contributed by atoms with van der Waals surface area (Å²) in [6.07, 6.45) is 6.69. The Balaban J connectivity index is 1.72. The maximum absolute atomic E-state index is 12.5. The third-order valence-corrected chi connectivity index (χ3v) is 4.48. The van der Waals surface area contributed by atoms with Crippen LogP contribution in [0.3, 0.4) is 0 Å². The van der Waals surface area contributed by atoms with Gasteiger partial charge in [-0.05, 0) is 37.3 Å². The zero-order valence-electron chi connectivity index (χ0n) is 14.5. The summed E-state index contributed by atoms with van der Waals surface area (Å²) in [4.78, 5) is 16.9. The number of hydrogen-bond donors (Lipinski definition) is 2. The minimum absolute atomic E-state index is 0.0980. The largest absolute Gasteiger partial charge is 0.490 e. The number of anilines is 1. The molecule has 0 bridgehead atoms. The molecule has 2 N–H and O–H groups in total. The fourth-order valence-corrected chi connectivity index (χ4v) is 2.99. The first-order valence-electron chi connectivity index (χ1n) is 8.56. The molecule has 0 unspecified atom stereocenters. The van der Waals surface area contributed by atoms with Gasteiger partial charge in [0.2, 0.25) is 0 Å². The molecule has 1 aromatic heterocycles. The summed E-state index contributed by atoms with van der Waals surface area (Å²) in [5, 5.41) is 6.38. The standard InChI is InChI=1S/C18H23ClN4O2/c1-3-11-25-16-13(19)5-4-6-14(16)21-18(24)22-15(12-7-8-12)17-20-9-10-23(17)2/h4-6,9-10,12,15H,3,7-8,11H2,1-2H3,(H2,21,22,24)/t15-/m0/s1. The molecule has 7 heteroatoms. The van der Waals surface area contributed by atoms with Gasteiger partial charge in [-0.25, -0.2) is 9.78 Å². The average Bonchev–Trinajstić information content (AvgIpc) is 3.34. The minimum Gasteiger partial charge on any atom is -0.490 e. The number of aryl methyl sites for hydroxylation is 1. The first-order valence-corrected chi connectivity index (χ1v) is 8.94. The summed E-state index contributed by atoms with van der Waals surface area (Å²) in [7, 11) is 1.94. The van der Waals surface area contributed by atoms with Crippen molar-refractivity contribution in [1.29, 1.82) is 0 Å². The first kappa shape index (κ1) is 17.6. The van der Waals surface area contributed by atoms with Crippen molar-refractivity contribution in [2.45, 2.75) is 32.2 Å². The molecule has 0 spiro atoms. The highest BCUT2D eigenvalue weighted by Crippen LogP contribution is 2.40. The summed E-state index contributed by atoms with van der Waals surface area (Å²) < 4.78 is 7.63. The Morgan fingerprint density at radius 1 is 1.48 bits per heavy atom. The molecular weight excluding hydrogens is 340 g/mol. The Bertz CT molecular complexity index is 742. The quantitative estimate of drug-likeness (QED) is 0.777. The van der Waals surface area contributed by atoms with Gasteiger partial charge in [-0.1, -0.05) is 24.6 Å². The SMILES string of the molecule is CCCOc1c(Cl)cccc1NC(=O)N[C@H](c1nccn1C)C1CC1. The van der Waals surface area contributed by atoms with E-state index in [0.717, 1.165) is 25.1 Å². The molecule has 1 fully saturated rings. The molecular formula is C18H23ClN4O2. The molecule has 3 rings (SSSR count). The van der Waals surface area contributed by atoms with Crippen molar-refractivity contribution in [2.75, 3.05) is 11.9 Å². The Morgan fingerprint density at radius 3 is 2.92 bits per heavy atom. The number of benzene rings is 1. The number of nitrogens with zero attached hydrogens (tertiary/aromatic N) is 2. The number of amides is 2. The molecule has 0 aliphatic heterocycles. The van der Waals surface area contributed by atoms with E-state index >= 15 is 0 Å². The van der Waals surface area contributed by atoms with Crippen LogP contribution in [-0.4, -0.2) is 22.2 Å². The van der Waals surface area contributed by atoms with Gasteiger partial charge in [-0.15, -0.1) is 0 Å². The highest BCUT2D eigenvalue weighted by Gasteiger charge is 2.35. The van der Waals surface area contributed by atoms with Gasteiger partial charge in [-0.3, -0.25) is 0 Å². The van der Waals surface area contributed by atoms with Crippen LogP contribution in [0.1, 0.15) is 38.1 Å². The molecule has 25 heavy (non-hydrogen) atoms. The smallest absolute Gasteiger partial charge is 0.319 e. The van der Waals surface area contributed by atoms with Gasteiger partial charge in [0.15, 0.2) is 5.75 Å². The number of ether oxygens (including phenoxy) is 1. The molecule has 1 aliphatic carbocycles. The van der Waals surface area contributed by atoms with Crippen LogP contribution < -0.4 is 15.4 Å². The second-order valence-electron chi connectivity index (χ2n) is 6.27. The number of urea groups is 1. The van der Waals surface area contributed by atoms with Gasteiger partial charge in [0, 0.05) is 19.4 Å². The lowest BCUT2D eigenvalue weighted by molar-refractivity contribution is 0.246. The predicted octanol–water partition coefficient (Wildman–Crippen LogP) is 4.14. The minimum atomic E-state index is -0.288. The molecule has 0 radical (unpaired) electrons. The normalized spacial score (nSPS) is 14.8. The van der Waals surface area contributed by atoms with E-state index in [0.29, 0.717) is 29.0 Å². The maximum Gasteiger partial charge on any atom is 0.319 e. The third-order valence-electron chi connectivity index (χ3n) is 4.18. The highest BCUT2D eigenvalue weighted by atomic mass is 35.5.